The number of carbonyl (C=O) groups excluding carboxylic acids is 4. The maximum Gasteiger partial charge on any atom is 0.251 e. The Morgan fingerprint density at radius 3 is 2.45 bits per heavy atom. The van der Waals surface area contributed by atoms with Crippen molar-refractivity contribution in [3.8, 4) is 11.5 Å². The maximum absolute atomic E-state index is 14.1. The molecule has 2 aromatic carbocycles. The van der Waals surface area contributed by atoms with Crippen molar-refractivity contribution in [3.63, 3.8) is 0 Å². The molecular formula is C37H49N5O7. The van der Waals surface area contributed by atoms with Gasteiger partial charge < -0.3 is 34.8 Å². The lowest BCUT2D eigenvalue weighted by Gasteiger charge is -2.30. The Kier molecular flexibility index (Phi) is 13.2. The van der Waals surface area contributed by atoms with Gasteiger partial charge in [-0.2, -0.15) is 0 Å². The average Bonchev–Trinajstić information content (AvgIpc) is 3.40. The molecule has 0 fully saturated rings. The Morgan fingerprint density at radius 2 is 1.80 bits per heavy atom. The van der Waals surface area contributed by atoms with Crippen molar-refractivity contribution >= 4 is 23.6 Å². The smallest absolute Gasteiger partial charge is 0.251 e. The number of aromatic nitrogens is 1. The molecule has 2 heterocycles. The van der Waals surface area contributed by atoms with Crippen LogP contribution in [-0.4, -0.2) is 79.6 Å². The van der Waals surface area contributed by atoms with Gasteiger partial charge in [0.2, 0.25) is 17.7 Å². The van der Waals surface area contributed by atoms with Crippen molar-refractivity contribution in [2.45, 2.75) is 78.3 Å². The van der Waals surface area contributed by atoms with Crippen LogP contribution in [0.1, 0.15) is 71.6 Å². The van der Waals surface area contributed by atoms with E-state index in [4.69, 9.17) is 14.0 Å². The molecule has 0 saturated carbocycles. The number of amides is 4. The summed E-state index contributed by atoms with van der Waals surface area (Å²) in [6, 6.07) is 11.1. The van der Waals surface area contributed by atoms with Crippen LogP contribution >= 0.6 is 0 Å². The molecule has 1 aliphatic heterocycles. The minimum Gasteiger partial charge on any atom is -0.497 e. The van der Waals surface area contributed by atoms with Crippen LogP contribution in [0.4, 0.5) is 0 Å². The molecule has 3 aromatic rings. The van der Waals surface area contributed by atoms with E-state index in [9.17, 15) is 19.2 Å². The first kappa shape index (κ1) is 37.0. The Bertz CT molecular complexity index is 1580. The number of hydrogen-bond donors (Lipinski definition) is 3. The first-order valence-electron chi connectivity index (χ1n) is 16.8. The quantitative estimate of drug-likeness (QED) is 0.311. The number of hydrogen-bond acceptors (Lipinski definition) is 8. The van der Waals surface area contributed by atoms with Crippen molar-refractivity contribution in [1.82, 2.24) is 26.0 Å². The summed E-state index contributed by atoms with van der Waals surface area (Å²) in [6.07, 6.45) is 2.45. The summed E-state index contributed by atoms with van der Waals surface area (Å²) in [4.78, 5) is 56.2. The number of ether oxygens (including phenoxy) is 2. The fourth-order valence-electron chi connectivity index (χ4n) is 6.12. The molecule has 3 N–H and O–H groups in total. The fourth-order valence-corrected chi connectivity index (χ4v) is 6.12. The van der Waals surface area contributed by atoms with Gasteiger partial charge in [0.05, 0.1) is 26.5 Å². The van der Waals surface area contributed by atoms with Crippen LogP contribution in [0, 0.1) is 19.8 Å². The molecule has 4 rings (SSSR count). The Morgan fingerprint density at radius 1 is 1.04 bits per heavy atom. The second-order valence-corrected chi connectivity index (χ2v) is 13.0. The number of rotatable bonds is 9. The van der Waals surface area contributed by atoms with Crippen LogP contribution in [0.25, 0.3) is 0 Å². The zero-order chi connectivity index (χ0) is 35.5. The summed E-state index contributed by atoms with van der Waals surface area (Å²) in [5.74, 6) is 0.826. The summed E-state index contributed by atoms with van der Waals surface area (Å²) in [7, 11) is 3.15. The number of fused-ring (bicyclic) bond motifs is 2. The monoisotopic (exact) mass is 675 g/mol. The third kappa shape index (κ3) is 10.6. The summed E-state index contributed by atoms with van der Waals surface area (Å²) in [5, 5.41) is 13.0. The highest BCUT2D eigenvalue weighted by Crippen LogP contribution is 2.22. The van der Waals surface area contributed by atoms with Crippen LogP contribution in [0.15, 0.2) is 47.0 Å². The predicted molar refractivity (Wildman–Crippen MR) is 185 cm³/mol. The molecule has 0 aliphatic carbocycles. The molecule has 49 heavy (non-hydrogen) atoms. The normalized spacial score (nSPS) is 17.9. The molecular weight excluding hydrogens is 626 g/mol. The third-order valence-corrected chi connectivity index (χ3v) is 8.71. The van der Waals surface area contributed by atoms with E-state index in [0.717, 1.165) is 22.4 Å². The Labute approximate surface area is 288 Å². The molecule has 264 valence electrons. The van der Waals surface area contributed by atoms with Gasteiger partial charge in [0.25, 0.3) is 5.91 Å². The van der Waals surface area contributed by atoms with Crippen molar-refractivity contribution in [2.24, 2.45) is 5.92 Å². The van der Waals surface area contributed by atoms with Crippen LogP contribution in [0.2, 0.25) is 0 Å². The third-order valence-electron chi connectivity index (χ3n) is 8.71. The van der Waals surface area contributed by atoms with Gasteiger partial charge in [-0.1, -0.05) is 31.1 Å². The van der Waals surface area contributed by atoms with Gasteiger partial charge in [-0.15, -0.1) is 0 Å². The average molecular weight is 676 g/mol. The fraction of sp³-hybridized carbons (Fsp3) is 0.486. The number of carbonyl (C=O) groups is 4. The van der Waals surface area contributed by atoms with E-state index in [-0.39, 0.29) is 49.6 Å². The standard InChI is InChI=1S/C37H49N5O7/c1-23(2)18-29-21-42(35(44)16-14-31-24(3)41-49-25(31)4)22-34(43)38-17-7-8-27-20-28(11-15-33(27)48-6)36(45)40-32(37(46)39-29)19-26-9-12-30(47-5)13-10-26/h9-13,15,20,23,29,32H,7-8,14,16-19,21-22H2,1-6H3,(H,38,43)(H,39,46)(H,40,45)/t29-,32-/m0/s1. The highest BCUT2D eigenvalue weighted by Gasteiger charge is 2.28. The maximum atomic E-state index is 14.1. The van der Waals surface area contributed by atoms with Gasteiger partial charge in [-0.05, 0) is 86.9 Å². The summed E-state index contributed by atoms with van der Waals surface area (Å²) in [5.41, 5.74) is 3.62. The molecule has 0 radical (unpaired) electrons. The van der Waals surface area contributed by atoms with Crippen molar-refractivity contribution < 1.29 is 33.2 Å². The zero-order valence-corrected chi connectivity index (χ0v) is 29.4. The lowest BCUT2D eigenvalue weighted by Crippen LogP contribution is -2.54. The molecule has 2 atom stereocenters. The van der Waals surface area contributed by atoms with E-state index in [1.165, 1.54) is 4.90 Å². The Balaban J connectivity index is 1.66. The molecule has 4 amide bonds. The van der Waals surface area contributed by atoms with Crippen LogP contribution < -0.4 is 25.4 Å². The van der Waals surface area contributed by atoms with E-state index in [0.29, 0.717) is 55.1 Å². The van der Waals surface area contributed by atoms with Gasteiger partial charge >= 0.3 is 0 Å². The topological polar surface area (TPSA) is 152 Å². The number of benzene rings is 2. The molecule has 1 aliphatic rings. The Hall–Kier alpha value is -4.87. The first-order valence-corrected chi connectivity index (χ1v) is 16.8. The van der Waals surface area contributed by atoms with Gasteiger partial charge in [0.1, 0.15) is 23.3 Å². The van der Waals surface area contributed by atoms with Gasteiger partial charge in [-0.25, -0.2) is 0 Å². The number of aryl methyl sites for hydroxylation is 3. The van der Waals surface area contributed by atoms with Crippen molar-refractivity contribution in [2.75, 3.05) is 33.9 Å². The highest BCUT2D eigenvalue weighted by atomic mass is 16.5. The van der Waals surface area contributed by atoms with Gasteiger partial charge in [0.15, 0.2) is 0 Å². The molecule has 0 spiro atoms. The lowest BCUT2D eigenvalue weighted by molar-refractivity contribution is -0.137. The SMILES string of the molecule is COc1ccc(C[C@@H]2NC(=O)c3ccc(OC)c(c3)CCCNC(=O)CN(C(=O)CCc3c(C)noc3C)C[C@H](CC(C)C)NC2=O)cc1. The van der Waals surface area contributed by atoms with E-state index in [1.54, 1.807) is 32.4 Å². The van der Waals surface area contributed by atoms with Crippen molar-refractivity contribution in [3.05, 3.63) is 76.2 Å². The number of nitrogens with one attached hydrogen (secondary N) is 3. The van der Waals surface area contributed by atoms with E-state index >= 15 is 0 Å². The van der Waals surface area contributed by atoms with Crippen molar-refractivity contribution in [1.29, 1.82) is 0 Å². The number of methoxy groups -OCH3 is 2. The summed E-state index contributed by atoms with van der Waals surface area (Å²) in [6.45, 7) is 8.04. The lowest BCUT2D eigenvalue weighted by atomic mass is 10.00. The molecule has 12 nitrogen and oxygen atoms in total. The predicted octanol–water partition coefficient (Wildman–Crippen LogP) is 3.70. The van der Waals surface area contributed by atoms with E-state index in [2.05, 4.69) is 21.1 Å². The summed E-state index contributed by atoms with van der Waals surface area (Å²) >= 11 is 0. The van der Waals surface area contributed by atoms with Crippen LogP contribution in [0.3, 0.4) is 0 Å². The summed E-state index contributed by atoms with van der Waals surface area (Å²) < 4.78 is 16.1. The van der Waals surface area contributed by atoms with E-state index < -0.39 is 18.0 Å². The van der Waals surface area contributed by atoms with Gasteiger partial charge in [0, 0.05) is 43.1 Å². The number of nitrogens with zero attached hydrogens (tertiary/aromatic N) is 2. The minimum atomic E-state index is -0.927. The largest absolute Gasteiger partial charge is 0.497 e. The second kappa shape index (κ2) is 17.5. The van der Waals surface area contributed by atoms with Crippen LogP contribution in [-0.2, 0) is 33.6 Å². The molecule has 0 unspecified atom stereocenters. The molecule has 2 bridgehead atoms. The molecule has 12 heteroatoms. The van der Waals surface area contributed by atoms with Gasteiger partial charge in [-0.3, -0.25) is 19.2 Å². The second-order valence-electron chi connectivity index (χ2n) is 13.0. The first-order chi connectivity index (χ1) is 23.5. The highest BCUT2D eigenvalue weighted by molar-refractivity contribution is 5.98. The molecule has 0 saturated heterocycles. The molecule has 1 aromatic heterocycles. The van der Waals surface area contributed by atoms with E-state index in [1.807, 2.05) is 52.0 Å². The van der Waals surface area contributed by atoms with Crippen LogP contribution in [0.5, 0.6) is 11.5 Å². The minimum absolute atomic E-state index is 0.124. The zero-order valence-electron chi connectivity index (χ0n) is 29.4.